The van der Waals surface area contributed by atoms with Gasteiger partial charge in [0.25, 0.3) is 5.91 Å². The molecule has 0 atom stereocenters. The van der Waals surface area contributed by atoms with Gasteiger partial charge in [0.05, 0.1) is 12.8 Å². The van der Waals surface area contributed by atoms with Gasteiger partial charge in [0, 0.05) is 39.5 Å². The molecule has 32 heavy (non-hydrogen) atoms. The third-order valence-corrected chi connectivity index (χ3v) is 4.02. The second-order valence-electron chi connectivity index (χ2n) is 7.96. The molecule has 0 saturated carbocycles. The highest BCUT2D eigenvalue weighted by atomic mass is 16.6. The highest BCUT2D eigenvalue weighted by molar-refractivity contribution is 6.03. The third-order valence-electron chi connectivity index (χ3n) is 4.02. The van der Waals surface area contributed by atoms with Crippen LogP contribution in [0.15, 0.2) is 18.5 Å². The van der Waals surface area contributed by atoms with Gasteiger partial charge in [0.15, 0.2) is 5.82 Å². The zero-order valence-corrected chi connectivity index (χ0v) is 18.9. The van der Waals surface area contributed by atoms with Crippen LogP contribution in [0.4, 0.5) is 16.3 Å². The molecule has 2 rings (SSSR count). The average molecular weight is 448 g/mol. The topological polar surface area (TPSA) is 146 Å². The standard InChI is InChI=1S/C20H28N6O6/c1-20(2,3)32-19(30)21-8-7-15(27)23-14-11-26(5)16(24-14)17(28)22-12-9-13(18(29)31-6)25(4)10-12/h9-11H,7-8H2,1-6H3,(H,21,30)(H,22,28)(H,23,27). The second-order valence-corrected chi connectivity index (χ2v) is 7.96. The van der Waals surface area contributed by atoms with E-state index < -0.39 is 29.5 Å². The molecule has 0 bridgehead atoms. The van der Waals surface area contributed by atoms with Crippen molar-refractivity contribution >= 4 is 35.4 Å². The highest BCUT2D eigenvalue weighted by Gasteiger charge is 2.19. The number of anilines is 2. The molecule has 3 amide bonds. The van der Waals surface area contributed by atoms with Crippen LogP contribution in [0.1, 0.15) is 48.3 Å². The summed E-state index contributed by atoms with van der Waals surface area (Å²) >= 11 is 0. The Morgan fingerprint density at radius 2 is 1.75 bits per heavy atom. The van der Waals surface area contributed by atoms with Crippen LogP contribution < -0.4 is 16.0 Å². The molecule has 0 aliphatic rings. The molecule has 0 saturated heterocycles. The predicted molar refractivity (Wildman–Crippen MR) is 115 cm³/mol. The van der Waals surface area contributed by atoms with E-state index in [1.807, 2.05) is 0 Å². The minimum atomic E-state index is -0.627. The van der Waals surface area contributed by atoms with Crippen molar-refractivity contribution in [3.05, 3.63) is 30.0 Å². The fraction of sp³-hybridized carbons (Fsp3) is 0.450. The Balaban J connectivity index is 1.92. The van der Waals surface area contributed by atoms with E-state index in [0.717, 1.165) is 0 Å². The molecule has 0 unspecified atom stereocenters. The number of methoxy groups -OCH3 is 1. The summed E-state index contributed by atoms with van der Waals surface area (Å²) in [6.45, 7) is 5.30. The number of alkyl carbamates (subject to hydrolysis) is 1. The van der Waals surface area contributed by atoms with Crippen LogP contribution in [0, 0.1) is 0 Å². The van der Waals surface area contributed by atoms with Gasteiger partial charge in [0.2, 0.25) is 11.7 Å². The lowest BCUT2D eigenvalue weighted by Crippen LogP contribution is -2.34. The Kier molecular flexibility index (Phi) is 7.63. The van der Waals surface area contributed by atoms with Crippen LogP contribution in [0.2, 0.25) is 0 Å². The van der Waals surface area contributed by atoms with Gasteiger partial charge in [-0.25, -0.2) is 14.6 Å². The number of amides is 3. The average Bonchev–Trinajstić information content (AvgIpc) is 3.21. The first-order valence-corrected chi connectivity index (χ1v) is 9.75. The molecule has 12 heteroatoms. The molecule has 2 aromatic heterocycles. The number of hydrogen-bond acceptors (Lipinski definition) is 7. The lowest BCUT2D eigenvalue weighted by atomic mass is 10.2. The third kappa shape index (κ3) is 6.86. The van der Waals surface area contributed by atoms with Gasteiger partial charge < -0.3 is 34.6 Å². The monoisotopic (exact) mass is 448 g/mol. The lowest BCUT2D eigenvalue weighted by Gasteiger charge is -2.19. The van der Waals surface area contributed by atoms with Gasteiger partial charge >= 0.3 is 12.1 Å². The molecule has 2 aromatic rings. The van der Waals surface area contributed by atoms with Crippen LogP contribution in [0.5, 0.6) is 0 Å². The fourth-order valence-electron chi connectivity index (χ4n) is 2.66. The molecular formula is C20H28N6O6. The Bertz CT molecular complexity index is 1020. The van der Waals surface area contributed by atoms with Gasteiger partial charge in [0.1, 0.15) is 11.3 Å². The number of carbonyl (C=O) groups excluding carboxylic acids is 4. The number of nitrogens with zero attached hydrogens (tertiary/aromatic N) is 3. The van der Waals surface area contributed by atoms with Crippen LogP contribution in [-0.2, 0) is 28.4 Å². The van der Waals surface area contributed by atoms with E-state index in [-0.39, 0.29) is 30.3 Å². The summed E-state index contributed by atoms with van der Waals surface area (Å²) in [5.74, 6) is -1.21. The highest BCUT2D eigenvalue weighted by Crippen LogP contribution is 2.16. The van der Waals surface area contributed by atoms with Crippen molar-refractivity contribution in [2.24, 2.45) is 14.1 Å². The predicted octanol–water partition coefficient (Wildman–Crippen LogP) is 1.65. The number of rotatable bonds is 7. The Hall–Kier alpha value is -3.83. The minimum absolute atomic E-state index is 0.00231. The summed E-state index contributed by atoms with van der Waals surface area (Å²) in [4.78, 5) is 52.1. The van der Waals surface area contributed by atoms with Crippen LogP contribution in [0.3, 0.4) is 0 Å². The molecule has 0 aliphatic carbocycles. The van der Waals surface area contributed by atoms with E-state index in [1.165, 1.54) is 28.5 Å². The number of imidazole rings is 1. The van der Waals surface area contributed by atoms with Crippen molar-refractivity contribution in [3.63, 3.8) is 0 Å². The van der Waals surface area contributed by atoms with Gasteiger partial charge in [-0.1, -0.05) is 0 Å². The number of hydrogen-bond donors (Lipinski definition) is 3. The zero-order valence-electron chi connectivity index (χ0n) is 18.9. The summed E-state index contributed by atoms with van der Waals surface area (Å²) in [7, 11) is 4.52. The fourth-order valence-corrected chi connectivity index (χ4v) is 2.66. The van der Waals surface area contributed by atoms with Crippen molar-refractivity contribution in [1.82, 2.24) is 19.4 Å². The molecule has 0 aromatic carbocycles. The first-order valence-electron chi connectivity index (χ1n) is 9.75. The van der Waals surface area contributed by atoms with Crippen molar-refractivity contribution in [2.45, 2.75) is 32.8 Å². The number of ether oxygens (including phenoxy) is 2. The molecule has 0 aliphatic heterocycles. The van der Waals surface area contributed by atoms with E-state index in [4.69, 9.17) is 4.74 Å². The summed E-state index contributed by atoms with van der Waals surface area (Å²) in [6, 6.07) is 1.48. The van der Waals surface area contributed by atoms with Crippen LogP contribution in [0.25, 0.3) is 0 Å². The van der Waals surface area contributed by atoms with Gasteiger partial charge in [-0.3, -0.25) is 9.59 Å². The maximum atomic E-state index is 12.6. The number of aromatic nitrogens is 3. The maximum Gasteiger partial charge on any atom is 0.407 e. The quantitative estimate of drug-likeness (QED) is 0.546. The molecular weight excluding hydrogens is 420 g/mol. The molecule has 0 spiro atoms. The molecule has 0 radical (unpaired) electrons. The van der Waals surface area contributed by atoms with Crippen LogP contribution in [-0.4, -0.2) is 57.3 Å². The van der Waals surface area contributed by atoms with Gasteiger partial charge in [-0.2, -0.15) is 0 Å². The molecule has 174 valence electrons. The Labute approximate surface area is 185 Å². The lowest BCUT2D eigenvalue weighted by molar-refractivity contribution is -0.116. The van der Waals surface area contributed by atoms with E-state index >= 15 is 0 Å². The number of carbonyl (C=O) groups is 4. The summed E-state index contributed by atoms with van der Waals surface area (Å²) in [5.41, 5.74) is 0.0352. The van der Waals surface area contributed by atoms with E-state index in [9.17, 15) is 19.2 Å². The molecule has 2 heterocycles. The van der Waals surface area contributed by atoms with E-state index in [2.05, 4.69) is 25.7 Å². The van der Waals surface area contributed by atoms with E-state index in [1.54, 1.807) is 41.1 Å². The van der Waals surface area contributed by atoms with Crippen LogP contribution >= 0.6 is 0 Å². The summed E-state index contributed by atoms with van der Waals surface area (Å²) < 4.78 is 12.8. The maximum absolute atomic E-state index is 12.6. The normalized spacial score (nSPS) is 10.9. The largest absolute Gasteiger partial charge is 0.464 e. The second kappa shape index (κ2) is 9.98. The van der Waals surface area contributed by atoms with E-state index in [0.29, 0.717) is 5.69 Å². The van der Waals surface area contributed by atoms with Crippen molar-refractivity contribution in [3.8, 4) is 0 Å². The summed E-state index contributed by atoms with van der Waals surface area (Å²) in [6.07, 6.45) is 2.43. The Morgan fingerprint density at radius 3 is 2.38 bits per heavy atom. The molecule has 0 fully saturated rings. The first-order chi connectivity index (χ1) is 14.9. The summed E-state index contributed by atoms with van der Waals surface area (Å²) in [5, 5.41) is 7.71. The first kappa shape index (κ1) is 24.4. The SMILES string of the molecule is COC(=O)c1cc(NC(=O)c2nc(NC(=O)CCNC(=O)OC(C)(C)C)cn2C)cn1C. The molecule has 3 N–H and O–H groups in total. The minimum Gasteiger partial charge on any atom is -0.464 e. The van der Waals surface area contributed by atoms with Crippen molar-refractivity contribution in [2.75, 3.05) is 24.3 Å². The number of nitrogens with one attached hydrogen (secondary N) is 3. The smallest absolute Gasteiger partial charge is 0.407 e. The van der Waals surface area contributed by atoms with Gasteiger partial charge in [-0.15, -0.1) is 0 Å². The number of aryl methyl sites for hydroxylation is 2. The molecule has 12 nitrogen and oxygen atoms in total. The number of esters is 1. The van der Waals surface area contributed by atoms with Gasteiger partial charge in [-0.05, 0) is 26.8 Å². The van der Waals surface area contributed by atoms with Crippen molar-refractivity contribution < 1.29 is 28.7 Å². The van der Waals surface area contributed by atoms with Crippen molar-refractivity contribution in [1.29, 1.82) is 0 Å². The Morgan fingerprint density at radius 1 is 1.06 bits per heavy atom. The zero-order chi connectivity index (χ0) is 24.1.